The molecule has 1 aromatic rings. The van der Waals surface area contributed by atoms with Crippen molar-refractivity contribution in [3.63, 3.8) is 0 Å². The second kappa shape index (κ2) is 11.5. The SMILES string of the molecule is CCCOCCCCN(Cc1ccc(OC(F)(F)F)c(Cl)c1)C(=O)OC(C)(C)C. The molecule has 0 radical (unpaired) electrons. The number of carbonyl (C=O) groups is 1. The number of halogens is 4. The molecule has 0 aliphatic carbocycles. The first-order valence-corrected chi connectivity index (χ1v) is 9.89. The lowest BCUT2D eigenvalue weighted by molar-refractivity contribution is -0.274. The highest BCUT2D eigenvalue weighted by molar-refractivity contribution is 6.32. The first-order chi connectivity index (χ1) is 13.4. The number of amides is 1. The second-order valence-electron chi connectivity index (χ2n) is 7.53. The van der Waals surface area contributed by atoms with Gasteiger partial charge in [-0.05, 0) is 57.7 Å². The van der Waals surface area contributed by atoms with Crippen LogP contribution in [-0.4, -0.2) is 42.7 Å². The van der Waals surface area contributed by atoms with E-state index in [9.17, 15) is 18.0 Å². The van der Waals surface area contributed by atoms with E-state index in [2.05, 4.69) is 4.74 Å². The quantitative estimate of drug-likeness (QED) is 0.408. The van der Waals surface area contributed by atoms with E-state index in [1.54, 1.807) is 20.8 Å². The summed E-state index contributed by atoms with van der Waals surface area (Å²) >= 11 is 5.90. The minimum absolute atomic E-state index is 0.150. The van der Waals surface area contributed by atoms with E-state index in [1.165, 1.54) is 17.0 Å². The zero-order valence-electron chi connectivity index (χ0n) is 17.3. The third-order valence-electron chi connectivity index (χ3n) is 3.56. The fourth-order valence-corrected chi connectivity index (χ4v) is 2.63. The fourth-order valence-electron chi connectivity index (χ4n) is 2.39. The molecule has 0 aliphatic heterocycles. The number of hydrogen-bond acceptors (Lipinski definition) is 4. The monoisotopic (exact) mass is 439 g/mol. The Morgan fingerprint density at radius 3 is 2.38 bits per heavy atom. The predicted molar refractivity (Wildman–Crippen MR) is 105 cm³/mol. The van der Waals surface area contributed by atoms with E-state index < -0.39 is 23.8 Å². The number of carbonyl (C=O) groups excluding carboxylic acids is 1. The van der Waals surface area contributed by atoms with Gasteiger partial charge >= 0.3 is 12.5 Å². The molecule has 1 rings (SSSR count). The Bertz CT molecular complexity index is 648. The van der Waals surface area contributed by atoms with E-state index in [4.69, 9.17) is 21.1 Å². The van der Waals surface area contributed by atoms with Crippen LogP contribution in [0, 0.1) is 0 Å². The van der Waals surface area contributed by atoms with Crippen LogP contribution in [0.4, 0.5) is 18.0 Å². The van der Waals surface area contributed by atoms with Crippen molar-refractivity contribution >= 4 is 17.7 Å². The van der Waals surface area contributed by atoms with Gasteiger partial charge in [0.25, 0.3) is 0 Å². The lowest BCUT2D eigenvalue weighted by Crippen LogP contribution is -2.37. The maximum Gasteiger partial charge on any atom is 0.573 e. The summed E-state index contributed by atoms with van der Waals surface area (Å²) in [6.07, 6.45) is -2.91. The first-order valence-electron chi connectivity index (χ1n) is 9.51. The van der Waals surface area contributed by atoms with Crippen molar-refractivity contribution in [1.29, 1.82) is 0 Å². The van der Waals surface area contributed by atoms with E-state index >= 15 is 0 Å². The molecular weight excluding hydrogens is 411 g/mol. The van der Waals surface area contributed by atoms with Gasteiger partial charge in [-0.25, -0.2) is 4.79 Å². The molecule has 0 unspecified atom stereocenters. The maximum absolute atomic E-state index is 12.5. The maximum atomic E-state index is 12.5. The highest BCUT2D eigenvalue weighted by Gasteiger charge is 2.32. The minimum Gasteiger partial charge on any atom is -0.444 e. The molecule has 0 atom stereocenters. The molecule has 1 aromatic carbocycles. The first kappa shape index (κ1) is 25.4. The second-order valence-corrected chi connectivity index (χ2v) is 7.94. The summed E-state index contributed by atoms with van der Waals surface area (Å²) in [5.41, 5.74) is -0.0978. The number of nitrogens with zero attached hydrogens (tertiary/aromatic N) is 1. The normalized spacial score (nSPS) is 12.0. The summed E-state index contributed by atoms with van der Waals surface area (Å²) in [5.74, 6) is -0.486. The Morgan fingerprint density at radius 1 is 1.14 bits per heavy atom. The molecule has 0 spiro atoms. The zero-order chi connectivity index (χ0) is 22.1. The number of hydrogen-bond donors (Lipinski definition) is 0. The molecular formula is C20H29ClF3NO4. The minimum atomic E-state index is -4.83. The van der Waals surface area contributed by atoms with Gasteiger partial charge in [0.2, 0.25) is 0 Å². The van der Waals surface area contributed by atoms with Gasteiger partial charge in [0.1, 0.15) is 11.4 Å². The van der Waals surface area contributed by atoms with Crippen LogP contribution in [0.15, 0.2) is 18.2 Å². The van der Waals surface area contributed by atoms with Crippen molar-refractivity contribution in [3.05, 3.63) is 28.8 Å². The van der Waals surface area contributed by atoms with Crippen LogP contribution >= 0.6 is 11.6 Å². The highest BCUT2D eigenvalue weighted by Crippen LogP contribution is 2.31. The Kier molecular flexibility index (Phi) is 10.1. The molecule has 0 fully saturated rings. The zero-order valence-corrected chi connectivity index (χ0v) is 18.0. The number of benzene rings is 1. The summed E-state index contributed by atoms with van der Waals surface area (Å²) in [7, 11) is 0. The number of ether oxygens (including phenoxy) is 3. The molecule has 0 saturated carbocycles. The van der Waals surface area contributed by atoms with Crippen LogP contribution in [0.3, 0.4) is 0 Å². The van der Waals surface area contributed by atoms with Crippen molar-refractivity contribution in [2.45, 2.75) is 65.5 Å². The summed E-state index contributed by atoms with van der Waals surface area (Å²) in [4.78, 5) is 14.0. The average molecular weight is 440 g/mol. The van der Waals surface area contributed by atoms with E-state index in [0.29, 0.717) is 31.7 Å². The smallest absolute Gasteiger partial charge is 0.444 e. The Labute approximate surface area is 175 Å². The van der Waals surface area contributed by atoms with Crippen molar-refractivity contribution in [2.75, 3.05) is 19.8 Å². The lowest BCUT2D eigenvalue weighted by Gasteiger charge is -2.27. The van der Waals surface area contributed by atoms with Crippen LogP contribution in [0.2, 0.25) is 5.02 Å². The van der Waals surface area contributed by atoms with Gasteiger partial charge in [0, 0.05) is 26.3 Å². The van der Waals surface area contributed by atoms with E-state index in [1.807, 2.05) is 6.92 Å². The fraction of sp³-hybridized carbons (Fsp3) is 0.650. The molecule has 0 aliphatic rings. The van der Waals surface area contributed by atoms with Crippen molar-refractivity contribution in [2.24, 2.45) is 0 Å². The number of unbranched alkanes of at least 4 members (excludes halogenated alkanes) is 1. The molecule has 0 saturated heterocycles. The molecule has 0 bridgehead atoms. The van der Waals surface area contributed by atoms with Crippen LogP contribution in [0.5, 0.6) is 5.75 Å². The topological polar surface area (TPSA) is 48.0 Å². The van der Waals surface area contributed by atoms with E-state index in [-0.39, 0.29) is 11.6 Å². The highest BCUT2D eigenvalue weighted by atomic mass is 35.5. The van der Waals surface area contributed by atoms with Crippen molar-refractivity contribution < 1.29 is 32.2 Å². The predicted octanol–water partition coefficient (Wildman–Crippen LogP) is 6.18. The number of rotatable bonds is 10. The molecule has 166 valence electrons. The molecule has 5 nitrogen and oxygen atoms in total. The van der Waals surface area contributed by atoms with Crippen LogP contribution in [0.25, 0.3) is 0 Å². The van der Waals surface area contributed by atoms with E-state index in [0.717, 1.165) is 18.9 Å². The van der Waals surface area contributed by atoms with Gasteiger partial charge in [-0.3, -0.25) is 0 Å². The van der Waals surface area contributed by atoms with Gasteiger partial charge < -0.3 is 19.1 Å². The van der Waals surface area contributed by atoms with Crippen LogP contribution < -0.4 is 4.74 Å². The molecule has 0 N–H and O–H groups in total. The van der Waals surface area contributed by atoms with Crippen LogP contribution in [0.1, 0.15) is 52.5 Å². The van der Waals surface area contributed by atoms with Gasteiger partial charge in [-0.15, -0.1) is 13.2 Å². The van der Waals surface area contributed by atoms with Crippen LogP contribution in [-0.2, 0) is 16.0 Å². The Morgan fingerprint density at radius 2 is 1.83 bits per heavy atom. The van der Waals surface area contributed by atoms with Gasteiger partial charge in [0.05, 0.1) is 5.02 Å². The average Bonchev–Trinajstić information content (AvgIpc) is 2.56. The molecule has 9 heteroatoms. The van der Waals surface area contributed by atoms with Gasteiger partial charge in [-0.2, -0.15) is 0 Å². The van der Waals surface area contributed by atoms with Gasteiger partial charge in [-0.1, -0.05) is 24.6 Å². The summed E-state index contributed by atoms with van der Waals surface area (Å²) in [5, 5.41) is -0.183. The Balaban J connectivity index is 2.79. The summed E-state index contributed by atoms with van der Waals surface area (Å²) in [6.45, 7) is 9.19. The molecule has 0 aromatic heterocycles. The largest absolute Gasteiger partial charge is 0.573 e. The molecule has 0 heterocycles. The van der Waals surface area contributed by atoms with Crippen molar-refractivity contribution in [1.82, 2.24) is 4.90 Å². The standard InChI is InChI=1S/C20H29ClF3NO4/c1-5-11-27-12-7-6-10-25(18(26)29-19(2,3)4)14-15-8-9-17(16(21)13-15)28-20(22,23)24/h8-9,13H,5-7,10-12,14H2,1-4H3. The number of alkyl halides is 3. The molecule has 1 amide bonds. The Hall–Kier alpha value is -1.67. The summed E-state index contributed by atoms with van der Waals surface area (Å²) in [6, 6.07) is 3.93. The van der Waals surface area contributed by atoms with Gasteiger partial charge in [0.15, 0.2) is 0 Å². The lowest BCUT2D eigenvalue weighted by atomic mass is 10.2. The molecule has 29 heavy (non-hydrogen) atoms. The third-order valence-corrected chi connectivity index (χ3v) is 3.86. The van der Waals surface area contributed by atoms with Crippen molar-refractivity contribution in [3.8, 4) is 5.75 Å². The third kappa shape index (κ3) is 11.2. The summed E-state index contributed by atoms with van der Waals surface area (Å²) < 4.78 is 51.9.